The van der Waals surface area contributed by atoms with Crippen LogP contribution in [0.4, 0.5) is 4.39 Å². The van der Waals surface area contributed by atoms with Gasteiger partial charge in [-0.15, -0.1) is 11.3 Å². The molecule has 0 aliphatic carbocycles. The number of carbonyl (C=O) groups is 1. The molecule has 5 rings (SSSR count). The fourth-order valence-corrected chi connectivity index (χ4v) is 4.75. The van der Waals surface area contributed by atoms with E-state index in [-0.39, 0.29) is 17.6 Å². The second kappa shape index (κ2) is 8.39. The predicted molar refractivity (Wildman–Crippen MR) is 117 cm³/mol. The molecule has 0 bridgehead atoms. The molecule has 1 aliphatic heterocycles. The predicted octanol–water partition coefficient (Wildman–Crippen LogP) is 4.75. The zero-order chi connectivity index (χ0) is 21.2. The van der Waals surface area contributed by atoms with E-state index < -0.39 is 0 Å². The molecule has 4 heterocycles. The fraction of sp³-hybridized carbons (Fsp3) is 0.217. The van der Waals surface area contributed by atoms with Crippen molar-refractivity contribution in [2.45, 2.75) is 18.8 Å². The maximum atomic E-state index is 13.4. The first-order valence-corrected chi connectivity index (χ1v) is 11.0. The Morgan fingerprint density at radius 3 is 2.55 bits per heavy atom. The number of aromatic nitrogens is 4. The van der Waals surface area contributed by atoms with Crippen LogP contribution < -0.4 is 0 Å². The van der Waals surface area contributed by atoms with Gasteiger partial charge in [0, 0.05) is 48.0 Å². The standard InChI is InChI=1S/C23H20FN5OS/c24-17-6-4-15(5-7-17)20-19(22-26-11-14-31-22)21(28-27-20)16-8-12-29(13-9-16)23(30)18-3-1-2-10-25-18/h1-7,10-11,14,16H,8-9,12-13H2,(H,27,28). The molecule has 0 unspecified atom stereocenters. The minimum Gasteiger partial charge on any atom is -0.337 e. The van der Waals surface area contributed by atoms with Gasteiger partial charge in [0.25, 0.3) is 5.91 Å². The summed E-state index contributed by atoms with van der Waals surface area (Å²) in [5.74, 6) is -0.0792. The van der Waals surface area contributed by atoms with Gasteiger partial charge >= 0.3 is 0 Å². The van der Waals surface area contributed by atoms with Crippen molar-refractivity contribution < 1.29 is 9.18 Å². The molecule has 0 radical (unpaired) electrons. The lowest BCUT2D eigenvalue weighted by Crippen LogP contribution is -2.38. The van der Waals surface area contributed by atoms with Crippen molar-refractivity contribution in [3.8, 4) is 21.8 Å². The highest BCUT2D eigenvalue weighted by molar-refractivity contribution is 7.13. The molecule has 8 heteroatoms. The minimum atomic E-state index is -0.278. The van der Waals surface area contributed by atoms with Crippen LogP contribution in [-0.2, 0) is 0 Å². The number of likely N-dealkylation sites (tertiary alicyclic amines) is 1. The minimum absolute atomic E-state index is 0.0317. The Morgan fingerprint density at radius 2 is 1.87 bits per heavy atom. The first-order chi connectivity index (χ1) is 15.2. The molecule has 156 valence electrons. The summed E-state index contributed by atoms with van der Waals surface area (Å²) in [6.07, 6.45) is 5.06. The van der Waals surface area contributed by atoms with Crippen molar-refractivity contribution in [1.29, 1.82) is 0 Å². The molecule has 1 aliphatic rings. The maximum absolute atomic E-state index is 13.4. The van der Waals surface area contributed by atoms with Gasteiger partial charge in [-0.3, -0.25) is 14.9 Å². The molecule has 1 aromatic carbocycles. The third-order valence-corrected chi connectivity index (χ3v) is 6.42. The van der Waals surface area contributed by atoms with Crippen LogP contribution in [0.5, 0.6) is 0 Å². The number of thiazole rings is 1. The number of H-pyrrole nitrogens is 1. The Morgan fingerprint density at radius 1 is 1.06 bits per heavy atom. The smallest absolute Gasteiger partial charge is 0.272 e. The molecule has 0 atom stereocenters. The third-order valence-electron chi connectivity index (χ3n) is 5.63. The van der Waals surface area contributed by atoms with E-state index in [1.54, 1.807) is 48.0 Å². The lowest BCUT2D eigenvalue weighted by molar-refractivity contribution is 0.0706. The van der Waals surface area contributed by atoms with Crippen LogP contribution in [0, 0.1) is 5.82 Å². The van der Waals surface area contributed by atoms with Gasteiger partial charge in [0.2, 0.25) is 0 Å². The number of nitrogens with one attached hydrogen (secondary N) is 1. The molecule has 1 fully saturated rings. The third kappa shape index (κ3) is 3.86. The summed E-state index contributed by atoms with van der Waals surface area (Å²) in [5, 5.41) is 10.6. The van der Waals surface area contributed by atoms with E-state index in [1.165, 1.54) is 12.1 Å². The van der Waals surface area contributed by atoms with E-state index in [0.29, 0.717) is 18.8 Å². The number of pyridine rings is 1. The van der Waals surface area contributed by atoms with E-state index in [1.807, 2.05) is 16.3 Å². The van der Waals surface area contributed by atoms with Gasteiger partial charge in [-0.25, -0.2) is 9.37 Å². The van der Waals surface area contributed by atoms with E-state index in [2.05, 4.69) is 20.2 Å². The van der Waals surface area contributed by atoms with Crippen molar-refractivity contribution in [1.82, 2.24) is 25.1 Å². The zero-order valence-electron chi connectivity index (χ0n) is 16.7. The first-order valence-electron chi connectivity index (χ1n) is 10.1. The number of halogens is 1. The van der Waals surface area contributed by atoms with E-state index in [9.17, 15) is 9.18 Å². The summed E-state index contributed by atoms with van der Waals surface area (Å²) < 4.78 is 13.4. The molecule has 0 spiro atoms. The van der Waals surface area contributed by atoms with Crippen molar-refractivity contribution in [2.75, 3.05) is 13.1 Å². The number of nitrogens with zero attached hydrogens (tertiary/aromatic N) is 4. The number of hydrogen-bond acceptors (Lipinski definition) is 5. The number of amides is 1. The fourth-order valence-electron chi connectivity index (χ4n) is 4.05. The number of hydrogen-bond donors (Lipinski definition) is 1. The molecule has 31 heavy (non-hydrogen) atoms. The number of piperidine rings is 1. The highest BCUT2D eigenvalue weighted by Crippen LogP contribution is 2.40. The van der Waals surface area contributed by atoms with Crippen LogP contribution >= 0.6 is 11.3 Å². The van der Waals surface area contributed by atoms with Crippen molar-refractivity contribution in [2.24, 2.45) is 0 Å². The van der Waals surface area contributed by atoms with Crippen LogP contribution in [0.15, 0.2) is 60.2 Å². The van der Waals surface area contributed by atoms with Crippen LogP contribution in [0.3, 0.4) is 0 Å². The average molecular weight is 434 g/mol. The summed E-state index contributed by atoms with van der Waals surface area (Å²) >= 11 is 1.56. The Balaban J connectivity index is 1.41. The topological polar surface area (TPSA) is 74.8 Å². The summed E-state index contributed by atoms with van der Waals surface area (Å²) in [5.41, 5.74) is 4.09. The Kier molecular flexibility index (Phi) is 5.30. The summed E-state index contributed by atoms with van der Waals surface area (Å²) in [6, 6.07) is 11.7. The van der Waals surface area contributed by atoms with Gasteiger partial charge in [0.05, 0.1) is 5.56 Å². The van der Waals surface area contributed by atoms with Crippen molar-refractivity contribution in [3.05, 3.63) is 77.4 Å². The molecular weight excluding hydrogens is 413 g/mol. The zero-order valence-corrected chi connectivity index (χ0v) is 17.5. The molecule has 3 aromatic heterocycles. The monoisotopic (exact) mass is 433 g/mol. The van der Waals surface area contributed by atoms with Gasteiger partial charge in [0.15, 0.2) is 0 Å². The Labute approximate surface area is 182 Å². The van der Waals surface area contributed by atoms with E-state index >= 15 is 0 Å². The largest absolute Gasteiger partial charge is 0.337 e. The summed E-state index contributed by atoms with van der Waals surface area (Å²) in [7, 11) is 0. The highest BCUT2D eigenvalue weighted by atomic mass is 32.1. The quantitative estimate of drug-likeness (QED) is 0.504. The Bertz CT molecular complexity index is 1170. The van der Waals surface area contributed by atoms with Crippen LogP contribution in [0.2, 0.25) is 0 Å². The lowest BCUT2D eigenvalue weighted by Gasteiger charge is -2.31. The van der Waals surface area contributed by atoms with E-state index in [4.69, 9.17) is 0 Å². The van der Waals surface area contributed by atoms with Crippen LogP contribution in [0.1, 0.15) is 34.9 Å². The second-order valence-corrected chi connectivity index (χ2v) is 8.38. The van der Waals surface area contributed by atoms with E-state index in [0.717, 1.165) is 40.4 Å². The van der Waals surface area contributed by atoms with Gasteiger partial charge in [-0.2, -0.15) is 5.10 Å². The van der Waals surface area contributed by atoms with Crippen molar-refractivity contribution >= 4 is 17.2 Å². The second-order valence-electron chi connectivity index (χ2n) is 7.49. The summed E-state index contributed by atoms with van der Waals surface area (Å²) in [6.45, 7) is 1.31. The Hall–Kier alpha value is -3.39. The molecular formula is C23H20FN5OS. The summed E-state index contributed by atoms with van der Waals surface area (Å²) in [4.78, 5) is 23.3. The molecule has 1 saturated heterocycles. The van der Waals surface area contributed by atoms with Gasteiger partial charge < -0.3 is 4.90 Å². The number of carbonyl (C=O) groups excluding carboxylic acids is 1. The average Bonchev–Trinajstić information content (AvgIpc) is 3.50. The normalized spacial score (nSPS) is 14.7. The van der Waals surface area contributed by atoms with Gasteiger partial charge in [0.1, 0.15) is 22.2 Å². The number of rotatable bonds is 4. The van der Waals surface area contributed by atoms with Gasteiger partial charge in [-0.1, -0.05) is 6.07 Å². The van der Waals surface area contributed by atoms with Crippen LogP contribution in [0.25, 0.3) is 21.8 Å². The SMILES string of the molecule is O=C(c1ccccn1)N1CCC(c2[nH]nc(-c3ccc(F)cc3)c2-c2nccs2)CC1. The molecule has 0 saturated carbocycles. The number of aromatic amines is 1. The molecule has 4 aromatic rings. The lowest BCUT2D eigenvalue weighted by atomic mass is 9.90. The first kappa shape index (κ1) is 19.6. The molecule has 1 N–H and O–H groups in total. The molecule has 1 amide bonds. The maximum Gasteiger partial charge on any atom is 0.272 e. The van der Waals surface area contributed by atoms with Gasteiger partial charge in [-0.05, 0) is 49.2 Å². The highest BCUT2D eigenvalue weighted by Gasteiger charge is 2.30. The molecule has 6 nitrogen and oxygen atoms in total. The van der Waals surface area contributed by atoms with Crippen molar-refractivity contribution in [3.63, 3.8) is 0 Å². The van der Waals surface area contributed by atoms with Crippen LogP contribution in [-0.4, -0.2) is 44.1 Å². The number of benzene rings is 1.